The Morgan fingerprint density at radius 2 is 1.95 bits per heavy atom. The number of hydrogen-bond acceptors (Lipinski definition) is 4. The Morgan fingerprint density at radius 1 is 1.24 bits per heavy atom. The number of carbonyl (C=O) groups is 1. The number of phenolic OH excluding ortho intramolecular Hbond substituents is 1. The highest BCUT2D eigenvalue weighted by molar-refractivity contribution is 9.11. The molecule has 196 valence electrons. The van der Waals surface area contributed by atoms with Gasteiger partial charge in [-0.1, -0.05) is 18.2 Å². The Morgan fingerprint density at radius 3 is 2.59 bits per heavy atom. The van der Waals surface area contributed by atoms with E-state index in [1.165, 1.54) is 12.3 Å². The highest BCUT2D eigenvalue weighted by Crippen LogP contribution is 2.43. The molecule has 0 fully saturated rings. The summed E-state index contributed by atoms with van der Waals surface area (Å²) in [6.45, 7) is 0.122. The third kappa shape index (κ3) is 4.82. The second kappa shape index (κ2) is 9.76. The maximum absolute atomic E-state index is 13.7. The Bertz CT molecular complexity index is 1400. The number of rotatable bonds is 5. The second-order valence-corrected chi connectivity index (χ2v) is 11.3. The maximum atomic E-state index is 13.7. The van der Waals surface area contributed by atoms with Gasteiger partial charge in [0.25, 0.3) is 0 Å². The van der Waals surface area contributed by atoms with Crippen LogP contribution in [0.4, 0.5) is 13.2 Å². The molecule has 1 aliphatic heterocycles. The quantitative estimate of drug-likeness (QED) is 0.369. The number of alkyl halides is 3. The summed E-state index contributed by atoms with van der Waals surface area (Å²) < 4.78 is 42.3. The van der Waals surface area contributed by atoms with Crippen LogP contribution >= 0.6 is 31.9 Å². The van der Waals surface area contributed by atoms with Gasteiger partial charge in [0.15, 0.2) is 0 Å². The number of aromatic nitrogens is 1. The van der Waals surface area contributed by atoms with E-state index >= 15 is 0 Å². The Balaban J connectivity index is 1.42. The molecular formula is C26H24Br2F3N3O3. The lowest BCUT2D eigenvalue weighted by atomic mass is 9.79. The number of aliphatic hydroxyl groups is 1. The number of phenols is 1. The third-order valence-electron chi connectivity index (χ3n) is 7.12. The minimum absolute atomic E-state index is 0.0657. The van der Waals surface area contributed by atoms with Crippen molar-refractivity contribution < 1.29 is 28.2 Å². The summed E-state index contributed by atoms with van der Waals surface area (Å²) in [5, 5.41) is 23.4. The van der Waals surface area contributed by atoms with Crippen LogP contribution < -0.4 is 5.32 Å². The minimum Gasteiger partial charge on any atom is -0.506 e. The van der Waals surface area contributed by atoms with Gasteiger partial charge in [-0.05, 0) is 92.2 Å². The van der Waals surface area contributed by atoms with Crippen LogP contribution in [0.2, 0.25) is 0 Å². The van der Waals surface area contributed by atoms with E-state index in [1.807, 2.05) is 24.1 Å². The van der Waals surface area contributed by atoms with E-state index < -0.39 is 18.3 Å². The largest absolute Gasteiger partial charge is 0.506 e. The number of likely N-dealkylation sites (N-methyl/N-ethyl adjacent to an activating group) is 1. The molecular weight excluding hydrogens is 619 g/mol. The van der Waals surface area contributed by atoms with Crippen molar-refractivity contribution in [3.05, 3.63) is 68.2 Å². The van der Waals surface area contributed by atoms with Crippen LogP contribution in [-0.2, 0) is 23.9 Å². The van der Waals surface area contributed by atoms with Crippen molar-refractivity contribution >= 4 is 54.2 Å². The molecule has 1 aromatic heterocycles. The van der Waals surface area contributed by atoms with Gasteiger partial charge in [-0.15, -0.1) is 13.2 Å². The lowest BCUT2D eigenvalue weighted by Gasteiger charge is -2.39. The number of fused-ring (bicyclic) bond motifs is 2. The van der Waals surface area contributed by atoms with Gasteiger partial charge in [0, 0.05) is 24.2 Å². The van der Waals surface area contributed by atoms with Gasteiger partial charge in [0.1, 0.15) is 5.75 Å². The van der Waals surface area contributed by atoms with E-state index in [0.29, 0.717) is 49.4 Å². The van der Waals surface area contributed by atoms with Gasteiger partial charge < -0.3 is 15.5 Å². The Hall–Kier alpha value is -2.34. The smallest absolute Gasteiger partial charge is 0.488 e. The van der Waals surface area contributed by atoms with Crippen LogP contribution in [0.3, 0.4) is 0 Å². The number of nitrogens with one attached hydrogen (secondary N) is 1. The van der Waals surface area contributed by atoms with Gasteiger partial charge in [0.05, 0.1) is 33.0 Å². The van der Waals surface area contributed by atoms with E-state index in [4.69, 9.17) is 0 Å². The predicted molar refractivity (Wildman–Crippen MR) is 141 cm³/mol. The molecule has 0 saturated carbocycles. The number of benzene rings is 2. The van der Waals surface area contributed by atoms with E-state index in [2.05, 4.69) is 37.2 Å². The number of aromatic hydroxyl groups is 1. The SMILES string of the molecule is CN1C[C@H](C(=O)NC(CO)Cc2cc(Br)c(O)c(Br)c2)C=C2c3cccc4c3c(cn4C(F)(F)F)C[C@H]21. The van der Waals surface area contributed by atoms with E-state index in [9.17, 15) is 28.2 Å². The highest BCUT2D eigenvalue weighted by Gasteiger charge is 2.39. The topological polar surface area (TPSA) is 77.7 Å². The molecule has 2 aliphatic rings. The number of amides is 1. The van der Waals surface area contributed by atoms with Crippen LogP contribution in [0.5, 0.6) is 5.75 Å². The van der Waals surface area contributed by atoms with Gasteiger partial charge in [-0.3, -0.25) is 14.3 Å². The maximum Gasteiger partial charge on any atom is 0.488 e. The van der Waals surface area contributed by atoms with Gasteiger partial charge >= 0.3 is 6.30 Å². The molecule has 0 saturated heterocycles. The molecule has 2 aromatic carbocycles. The van der Waals surface area contributed by atoms with Crippen molar-refractivity contribution in [3.8, 4) is 5.75 Å². The normalized spacial score (nSPS) is 20.5. The highest BCUT2D eigenvalue weighted by atomic mass is 79.9. The minimum atomic E-state index is -4.52. The first kappa shape index (κ1) is 26.3. The third-order valence-corrected chi connectivity index (χ3v) is 8.33. The lowest BCUT2D eigenvalue weighted by Crippen LogP contribution is -2.49. The summed E-state index contributed by atoms with van der Waals surface area (Å²) >= 11 is 6.58. The molecule has 5 rings (SSSR count). The summed E-state index contributed by atoms with van der Waals surface area (Å²) in [5.41, 5.74) is 3.12. The van der Waals surface area contributed by atoms with Crippen LogP contribution in [0.1, 0.15) is 16.7 Å². The molecule has 2 heterocycles. The zero-order valence-corrected chi connectivity index (χ0v) is 22.9. The second-order valence-electron chi connectivity index (χ2n) is 9.58. The molecule has 1 amide bonds. The molecule has 3 N–H and O–H groups in total. The molecule has 6 nitrogen and oxygen atoms in total. The first-order chi connectivity index (χ1) is 17.5. The number of nitrogens with zero attached hydrogens (tertiary/aromatic N) is 2. The van der Waals surface area contributed by atoms with Crippen molar-refractivity contribution in [3.63, 3.8) is 0 Å². The molecule has 11 heteroatoms. The van der Waals surface area contributed by atoms with Gasteiger partial charge in [-0.2, -0.15) is 0 Å². The average Bonchev–Trinajstić information content (AvgIpc) is 3.23. The molecule has 0 spiro atoms. The summed E-state index contributed by atoms with van der Waals surface area (Å²) in [6, 6.07) is 7.67. The zero-order chi connectivity index (χ0) is 26.6. The lowest BCUT2D eigenvalue weighted by molar-refractivity contribution is -0.200. The zero-order valence-electron chi connectivity index (χ0n) is 19.7. The van der Waals surface area contributed by atoms with E-state index in [-0.39, 0.29) is 29.8 Å². The summed E-state index contributed by atoms with van der Waals surface area (Å²) in [5.74, 6) is -0.735. The fourth-order valence-corrected chi connectivity index (χ4v) is 6.70. The van der Waals surface area contributed by atoms with Crippen molar-refractivity contribution in [2.75, 3.05) is 20.2 Å². The molecule has 0 radical (unpaired) electrons. The van der Waals surface area contributed by atoms with Crippen LogP contribution in [0, 0.1) is 5.92 Å². The molecule has 3 aromatic rings. The van der Waals surface area contributed by atoms with E-state index in [1.54, 1.807) is 18.2 Å². The van der Waals surface area contributed by atoms with E-state index in [0.717, 1.165) is 11.1 Å². The average molecular weight is 643 g/mol. The number of halogens is 5. The van der Waals surface area contributed by atoms with Gasteiger partial charge in [0.2, 0.25) is 5.91 Å². The van der Waals surface area contributed by atoms with Gasteiger partial charge in [-0.25, -0.2) is 0 Å². The van der Waals surface area contributed by atoms with Crippen molar-refractivity contribution in [1.82, 2.24) is 14.8 Å². The number of carbonyl (C=O) groups excluding carboxylic acids is 1. The predicted octanol–water partition coefficient (Wildman–Crippen LogP) is 4.94. The molecule has 37 heavy (non-hydrogen) atoms. The fraction of sp³-hybridized carbons (Fsp3) is 0.346. The fourth-order valence-electron chi connectivity index (χ4n) is 5.42. The number of aliphatic hydroxyl groups excluding tert-OH is 1. The number of hydrogen-bond donors (Lipinski definition) is 3. The Labute approximate surface area is 228 Å². The summed E-state index contributed by atoms with van der Waals surface area (Å²) in [7, 11) is 1.87. The van der Waals surface area contributed by atoms with Crippen LogP contribution in [0.25, 0.3) is 16.5 Å². The molecule has 0 bridgehead atoms. The van der Waals surface area contributed by atoms with Crippen LogP contribution in [0.15, 0.2) is 51.6 Å². The molecule has 1 aliphatic carbocycles. The van der Waals surface area contributed by atoms with Crippen LogP contribution in [-0.4, -0.2) is 57.9 Å². The standard InChI is InChI=1S/C26H24Br2F3N3O3/c1-33-10-15(25(37)32-16(12-35)5-13-6-19(27)24(36)20(28)7-13)8-18-17-3-2-4-21-23(17)14(9-22(18)33)11-34(21)26(29,30)31/h2-4,6-8,11,15-16,22,35-36H,5,9-10,12H2,1H3,(H,32,37)/t15-,16?,22-/m1/s1. The Kier molecular flexibility index (Phi) is 6.93. The monoisotopic (exact) mass is 641 g/mol. The van der Waals surface area contributed by atoms with Crippen molar-refractivity contribution in [1.29, 1.82) is 0 Å². The first-order valence-electron chi connectivity index (χ1n) is 11.7. The van der Waals surface area contributed by atoms with Crippen molar-refractivity contribution in [2.24, 2.45) is 5.92 Å². The molecule has 1 unspecified atom stereocenters. The summed E-state index contributed by atoms with van der Waals surface area (Å²) in [4.78, 5) is 15.3. The summed E-state index contributed by atoms with van der Waals surface area (Å²) in [6.07, 6.45) is -0.699. The molecule has 3 atom stereocenters. The first-order valence-corrected chi connectivity index (χ1v) is 13.3. The van der Waals surface area contributed by atoms with Crippen molar-refractivity contribution in [2.45, 2.75) is 31.2 Å².